The first-order valence-corrected chi connectivity index (χ1v) is 11.0. The Kier molecular flexibility index (Phi) is 10.8. The maximum absolute atomic E-state index is 13.1. The molecule has 1 N–H and O–H groups in total. The van der Waals surface area contributed by atoms with Gasteiger partial charge in [-0.25, -0.2) is 4.39 Å². The van der Waals surface area contributed by atoms with Crippen LogP contribution in [0.5, 0.6) is 17.2 Å². The molecule has 0 spiro atoms. The summed E-state index contributed by atoms with van der Waals surface area (Å²) >= 11 is 3.61. The summed E-state index contributed by atoms with van der Waals surface area (Å²) in [7, 11) is 1.69. The Hall–Kier alpha value is -2.28. The van der Waals surface area contributed by atoms with Gasteiger partial charge in [-0.1, -0.05) is 30.3 Å². The minimum atomic E-state index is -0.262. The Morgan fingerprint density at radius 2 is 1.69 bits per heavy atom. The van der Waals surface area contributed by atoms with Gasteiger partial charge in [0.1, 0.15) is 18.2 Å². The number of hydrogen-bond donors (Lipinski definition) is 1. The third kappa shape index (κ3) is 7.40. The number of rotatable bonds is 11. The Labute approximate surface area is 203 Å². The summed E-state index contributed by atoms with van der Waals surface area (Å²) in [5.41, 5.74) is 3.15. The van der Waals surface area contributed by atoms with Crippen LogP contribution in [-0.2, 0) is 19.6 Å². The van der Waals surface area contributed by atoms with E-state index in [4.69, 9.17) is 14.2 Å². The van der Waals surface area contributed by atoms with Crippen LogP contribution in [0.25, 0.3) is 0 Å². The second-order valence-electron chi connectivity index (χ2n) is 6.99. The zero-order chi connectivity index (χ0) is 22.1. The van der Waals surface area contributed by atoms with Gasteiger partial charge in [0.25, 0.3) is 0 Å². The molecule has 0 amide bonds. The standard InChI is InChI=1S/C25H27BrFNO3.ClH/c1-3-30-24-15-19(16-28-13-12-20-6-4-5-7-23(20)29-2)14-22(26)25(24)31-17-18-8-10-21(27)11-9-18;/h4-11,14-15,28H,3,12-13,16-17H2,1-2H3;1H. The highest BCUT2D eigenvalue weighted by molar-refractivity contribution is 9.10. The molecule has 32 heavy (non-hydrogen) atoms. The normalized spacial score (nSPS) is 10.4. The van der Waals surface area contributed by atoms with Gasteiger partial charge in [-0.3, -0.25) is 0 Å². The van der Waals surface area contributed by atoms with Crippen molar-refractivity contribution in [1.29, 1.82) is 0 Å². The van der Waals surface area contributed by atoms with E-state index in [1.54, 1.807) is 19.2 Å². The topological polar surface area (TPSA) is 39.7 Å². The van der Waals surface area contributed by atoms with Crippen LogP contribution >= 0.6 is 28.3 Å². The van der Waals surface area contributed by atoms with Gasteiger partial charge in [-0.05, 0) is 82.8 Å². The van der Waals surface area contributed by atoms with Gasteiger partial charge in [-0.15, -0.1) is 12.4 Å². The average Bonchev–Trinajstić information content (AvgIpc) is 2.78. The van der Waals surface area contributed by atoms with Crippen molar-refractivity contribution in [3.63, 3.8) is 0 Å². The molecule has 172 valence electrons. The van der Waals surface area contributed by atoms with Crippen LogP contribution in [0.3, 0.4) is 0 Å². The van der Waals surface area contributed by atoms with Crippen molar-refractivity contribution >= 4 is 28.3 Å². The Morgan fingerprint density at radius 3 is 2.41 bits per heavy atom. The maximum atomic E-state index is 13.1. The van der Waals surface area contributed by atoms with Crippen molar-refractivity contribution in [2.75, 3.05) is 20.3 Å². The summed E-state index contributed by atoms with van der Waals surface area (Å²) in [6.07, 6.45) is 0.877. The van der Waals surface area contributed by atoms with Crippen LogP contribution in [0.4, 0.5) is 4.39 Å². The molecular weight excluding hydrogens is 497 g/mol. The monoisotopic (exact) mass is 523 g/mol. The van der Waals surface area contributed by atoms with E-state index in [2.05, 4.69) is 27.3 Å². The fraction of sp³-hybridized carbons (Fsp3) is 0.280. The van der Waals surface area contributed by atoms with Crippen molar-refractivity contribution in [2.45, 2.75) is 26.5 Å². The summed E-state index contributed by atoms with van der Waals surface area (Å²) in [6, 6.07) is 18.4. The van der Waals surface area contributed by atoms with Crippen molar-refractivity contribution in [3.8, 4) is 17.2 Å². The van der Waals surface area contributed by atoms with Crippen LogP contribution in [0.2, 0.25) is 0 Å². The second kappa shape index (κ2) is 13.3. The van der Waals surface area contributed by atoms with E-state index in [-0.39, 0.29) is 18.2 Å². The van der Waals surface area contributed by atoms with E-state index in [0.717, 1.165) is 34.3 Å². The first kappa shape index (κ1) is 26.0. The molecule has 0 aliphatic heterocycles. The molecule has 4 nitrogen and oxygen atoms in total. The smallest absolute Gasteiger partial charge is 0.175 e. The Morgan fingerprint density at radius 1 is 0.938 bits per heavy atom. The van der Waals surface area contributed by atoms with Gasteiger partial charge in [0.05, 0.1) is 18.2 Å². The van der Waals surface area contributed by atoms with Crippen molar-refractivity contribution in [2.24, 2.45) is 0 Å². The van der Waals surface area contributed by atoms with E-state index in [1.807, 2.05) is 37.3 Å². The fourth-order valence-corrected chi connectivity index (χ4v) is 3.83. The van der Waals surface area contributed by atoms with Crippen LogP contribution in [0.1, 0.15) is 23.6 Å². The molecule has 0 aliphatic carbocycles. The largest absolute Gasteiger partial charge is 0.496 e. The number of hydrogen-bond acceptors (Lipinski definition) is 4. The van der Waals surface area contributed by atoms with E-state index in [0.29, 0.717) is 31.3 Å². The number of ether oxygens (including phenoxy) is 3. The summed E-state index contributed by atoms with van der Waals surface area (Å²) in [4.78, 5) is 0. The first-order chi connectivity index (χ1) is 15.1. The average molecular weight is 525 g/mol. The highest BCUT2D eigenvalue weighted by Gasteiger charge is 2.13. The highest BCUT2D eigenvalue weighted by atomic mass is 79.9. The predicted octanol–water partition coefficient (Wildman–Crippen LogP) is 6.33. The van der Waals surface area contributed by atoms with Crippen molar-refractivity contribution < 1.29 is 18.6 Å². The third-order valence-corrected chi connectivity index (χ3v) is 5.35. The summed E-state index contributed by atoms with van der Waals surface area (Å²) in [5, 5.41) is 3.47. The number of para-hydroxylation sites is 1. The lowest BCUT2D eigenvalue weighted by Crippen LogP contribution is -2.17. The Bertz CT molecular complexity index is 985. The van der Waals surface area contributed by atoms with Gasteiger partial charge in [0.2, 0.25) is 0 Å². The van der Waals surface area contributed by atoms with Gasteiger partial charge in [0, 0.05) is 6.54 Å². The van der Waals surface area contributed by atoms with Crippen LogP contribution in [0.15, 0.2) is 65.1 Å². The molecule has 3 aromatic rings. The molecule has 3 aromatic carbocycles. The van der Waals surface area contributed by atoms with E-state index in [9.17, 15) is 4.39 Å². The lowest BCUT2D eigenvalue weighted by Gasteiger charge is -2.16. The number of benzene rings is 3. The number of methoxy groups -OCH3 is 1. The molecule has 0 bridgehead atoms. The fourth-order valence-electron chi connectivity index (χ4n) is 3.23. The maximum Gasteiger partial charge on any atom is 0.175 e. The van der Waals surface area contributed by atoms with Crippen molar-refractivity contribution in [3.05, 3.63) is 87.6 Å². The molecule has 0 aliphatic rings. The minimum Gasteiger partial charge on any atom is -0.496 e. The Balaban J connectivity index is 0.00000363. The van der Waals surface area contributed by atoms with Crippen molar-refractivity contribution in [1.82, 2.24) is 5.32 Å². The molecule has 0 heterocycles. The molecule has 0 aromatic heterocycles. The summed E-state index contributed by atoms with van der Waals surface area (Å²) in [5.74, 6) is 1.97. The zero-order valence-corrected chi connectivity index (χ0v) is 20.6. The quantitative estimate of drug-likeness (QED) is 0.298. The molecule has 7 heteroatoms. The third-order valence-electron chi connectivity index (χ3n) is 4.76. The summed E-state index contributed by atoms with van der Waals surface area (Å²) < 4.78 is 31.1. The van der Waals surface area contributed by atoms with Crippen LogP contribution < -0.4 is 19.5 Å². The lowest BCUT2D eigenvalue weighted by atomic mass is 10.1. The predicted molar refractivity (Wildman–Crippen MR) is 132 cm³/mol. The zero-order valence-electron chi connectivity index (χ0n) is 18.2. The van der Waals surface area contributed by atoms with Crippen LogP contribution in [-0.4, -0.2) is 20.3 Å². The molecule has 0 unspecified atom stereocenters. The summed E-state index contributed by atoms with van der Waals surface area (Å²) in [6.45, 7) is 4.33. The lowest BCUT2D eigenvalue weighted by molar-refractivity contribution is 0.267. The molecule has 3 rings (SSSR count). The molecule has 0 radical (unpaired) electrons. The van der Waals surface area contributed by atoms with Gasteiger partial charge in [-0.2, -0.15) is 0 Å². The highest BCUT2D eigenvalue weighted by Crippen LogP contribution is 2.37. The molecule has 0 atom stereocenters. The van der Waals surface area contributed by atoms with E-state index in [1.165, 1.54) is 17.7 Å². The molecular formula is C25H28BrClFNO3. The molecule has 0 fully saturated rings. The van der Waals surface area contributed by atoms with E-state index >= 15 is 0 Å². The van der Waals surface area contributed by atoms with E-state index < -0.39 is 0 Å². The first-order valence-electron chi connectivity index (χ1n) is 10.3. The molecule has 0 saturated carbocycles. The van der Waals surface area contributed by atoms with Gasteiger partial charge >= 0.3 is 0 Å². The second-order valence-corrected chi connectivity index (χ2v) is 7.85. The number of nitrogens with one attached hydrogen (secondary N) is 1. The minimum absolute atomic E-state index is 0. The van der Waals surface area contributed by atoms with Crippen LogP contribution in [0, 0.1) is 5.82 Å². The SMILES string of the molecule is CCOc1cc(CNCCc2ccccc2OC)cc(Br)c1OCc1ccc(F)cc1.Cl. The molecule has 0 saturated heterocycles. The van der Waals surface area contributed by atoms with Gasteiger partial charge < -0.3 is 19.5 Å². The number of halogens is 3. The van der Waals surface area contributed by atoms with Gasteiger partial charge in [0.15, 0.2) is 11.5 Å².